The molecule has 46 heavy (non-hydrogen) atoms. The van der Waals surface area contributed by atoms with E-state index in [1.54, 1.807) is 25.2 Å². The first-order chi connectivity index (χ1) is 22.3. The molecule has 0 radical (unpaired) electrons. The molecule has 2 aromatic heterocycles. The standard InChI is InChI=1S/C38H35N5O3/c1-41-36-34(37(45)42(2)38(41)46)33(30-12-7-13-31(44)20-30)32(21-39)35(40-36)43(22-24-14-16-26-8-3-5-10-28(26)18-24)23-25-15-17-27-9-4-6-11-29(27)19-25/h3-14,16-20,25,44H,15,21-23,39H2,1-2H3. The number of aryl methyl sites for hydroxylation is 1. The number of rotatable bonds is 7. The van der Waals surface area contributed by atoms with Gasteiger partial charge in [0.2, 0.25) is 0 Å². The second kappa shape index (κ2) is 11.8. The number of hydrogen-bond donors (Lipinski definition) is 2. The van der Waals surface area contributed by atoms with E-state index in [2.05, 4.69) is 71.6 Å². The molecule has 6 aromatic rings. The molecule has 0 aliphatic heterocycles. The lowest BCUT2D eigenvalue weighted by Gasteiger charge is -2.31. The second-order valence-electron chi connectivity index (χ2n) is 12.0. The lowest BCUT2D eigenvalue weighted by Crippen LogP contribution is -2.39. The number of pyridine rings is 1. The van der Waals surface area contributed by atoms with E-state index in [0.29, 0.717) is 35.6 Å². The van der Waals surface area contributed by atoms with Crippen molar-refractivity contribution in [2.75, 3.05) is 11.4 Å². The van der Waals surface area contributed by atoms with Gasteiger partial charge in [-0.1, -0.05) is 84.9 Å². The van der Waals surface area contributed by atoms with Crippen molar-refractivity contribution in [2.24, 2.45) is 25.7 Å². The van der Waals surface area contributed by atoms with E-state index < -0.39 is 11.2 Å². The second-order valence-corrected chi connectivity index (χ2v) is 12.0. The van der Waals surface area contributed by atoms with Crippen LogP contribution in [0.2, 0.25) is 0 Å². The van der Waals surface area contributed by atoms with Crippen LogP contribution in [0.1, 0.15) is 17.5 Å². The number of nitrogens with two attached hydrogens (primary N) is 1. The third-order valence-corrected chi connectivity index (χ3v) is 9.00. The van der Waals surface area contributed by atoms with E-state index in [0.717, 1.165) is 27.3 Å². The van der Waals surface area contributed by atoms with Crippen LogP contribution < -0.4 is 32.3 Å². The van der Waals surface area contributed by atoms with Gasteiger partial charge >= 0.3 is 5.69 Å². The van der Waals surface area contributed by atoms with Gasteiger partial charge in [0.15, 0.2) is 5.65 Å². The largest absolute Gasteiger partial charge is 0.508 e. The summed E-state index contributed by atoms with van der Waals surface area (Å²) in [4.78, 5) is 34.3. The van der Waals surface area contributed by atoms with Crippen molar-refractivity contribution >= 4 is 39.8 Å². The first-order valence-electron chi connectivity index (χ1n) is 15.4. The minimum atomic E-state index is -0.466. The Hall–Kier alpha value is -5.47. The predicted octanol–water partition coefficient (Wildman–Crippen LogP) is 3.90. The third-order valence-electron chi connectivity index (χ3n) is 9.00. The molecular formula is C38H35N5O3. The SMILES string of the molecule is Cn1c(=O)c2c(-c3cccc(O)c3)c(CN)c(N(Cc3ccc4ccccc4c3)CC3C=c4ccccc4=CC3)nc2n(C)c1=O. The molecular weight excluding hydrogens is 574 g/mol. The number of phenols is 1. The Morgan fingerprint density at radius 3 is 2.43 bits per heavy atom. The van der Waals surface area contributed by atoms with Crippen molar-refractivity contribution < 1.29 is 5.11 Å². The van der Waals surface area contributed by atoms with Gasteiger partial charge in [0.1, 0.15) is 11.6 Å². The Kier molecular flexibility index (Phi) is 7.50. The van der Waals surface area contributed by atoms with Gasteiger partial charge in [-0.05, 0) is 62.9 Å². The molecule has 0 spiro atoms. The van der Waals surface area contributed by atoms with Crippen molar-refractivity contribution in [1.29, 1.82) is 0 Å². The molecule has 2 heterocycles. The number of aromatic nitrogens is 3. The highest BCUT2D eigenvalue weighted by molar-refractivity contribution is 5.97. The maximum absolute atomic E-state index is 13.8. The zero-order valence-electron chi connectivity index (χ0n) is 25.9. The van der Waals surface area contributed by atoms with Gasteiger partial charge in [-0.3, -0.25) is 13.9 Å². The summed E-state index contributed by atoms with van der Waals surface area (Å²) in [5.74, 6) is 0.847. The van der Waals surface area contributed by atoms with E-state index in [1.807, 2.05) is 18.2 Å². The molecule has 0 amide bonds. The summed E-state index contributed by atoms with van der Waals surface area (Å²) < 4.78 is 2.51. The first-order valence-corrected chi connectivity index (χ1v) is 15.4. The Bertz CT molecular complexity index is 2390. The van der Waals surface area contributed by atoms with Crippen LogP contribution in [0.3, 0.4) is 0 Å². The van der Waals surface area contributed by atoms with Crippen LogP contribution in [-0.4, -0.2) is 25.8 Å². The lowest BCUT2D eigenvalue weighted by molar-refractivity contribution is 0.475. The molecule has 1 aliphatic carbocycles. The molecule has 1 aliphatic rings. The van der Waals surface area contributed by atoms with Crippen LogP contribution >= 0.6 is 0 Å². The highest BCUT2D eigenvalue weighted by Gasteiger charge is 2.26. The Balaban J connectivity index is 1.48. The van der Waals surface area contributed by atoms with Gasteiger partial charge < -0.3 is 15.7 Å². The maximum Gasteiger partial charge on any atom is 0.332 e. The van der Waals surface area contributed by atoms with Crippen LogP contribution in [0, 0.1) is 5.92 Å². The fourth-order valence-corrected chi connectivity index (χ4v) is 6.69. The molecule has 8 heteroatoms. The Morgan fingerprint density at radius 2 is 1.65 bits per heavy atom. The zero-order valence-corrected chi connectivity index (χ0v) is 25.9. The molecule has 230 valence electrons. The average Bonchev–Trinajstić information content (AvgIpc) is 3.08. The molecule has 4 aromatic carbocycles. The monoisotopic (exact) mass is 609 g/mol. The van der Waals surface area contributed by atoms with Gasteiger partial charge in [0, 0.05) is 44.9 Å². The number of phenolic OH excluding ortho intramolecular Hbond substituents is 1. The smallest absolute Gasteiger partial charge is 0.332 e. The maximum atomic E-state index is 13.8. The molecule has 0 saturated carbocycles. The van der Waals surface area contributed by atoms with E-state index in [9.17, 15) is 14.7 Å². The van der Waals surface area contributed by atoms with Crippen LogP contribution in [0.5, 0.6) is 5.75 Å². The number of aromatic hydroxyl groups is 1. The fraction of sp³-hybridized carbons (Fsp3) is 0.184. The minimum absolute atomic E-state index is 0.0626. The molecule has 3 N–H and O–H groups in total. The number of fused-ring (bicyclic) bond motifs is 3. The average molecular weight is 610 g/mol. The van der Waals surface area contributed by atoms with E-state index >= 15 is 0 Å². The molecule has 1 atom stereocenters. The molecule has 0 bridgehead atoms. The summed E-state index contributed by atoms with van der Waals surface area (Å²) in [6.07, 6.45) is 5.44. The highest BCUT2D eigenvalue weighted by Crippen LogP contribution is 2.37. The van der Waals surface area contributed by atoms with E-state index in [1.165, 1.54) is 22.1 Å². The predicted molar refractivity (Wildman–Crippen MR) is 185 cm³/mol. The Morgan fingerprint density at radius 1 is 0.891 bits per heavy atom. The number of benzene rings is 4. The van der Waals surface area contributed by atoms with E-state index in [-0.39, 0.29) is 29.2 Å². The summed E-state index contributed by atoms with van der Waals surface area (Å²) >= 11 is 0. The van der Waals surface area contributed by atoms with Crippen LogP contribution in [0.15, 0.2) is 101 Å². The number of nitrogens with zero attached hydrogens (tertiary/aromatic N) is 4. The normalized spacial score (nSPS) is 14.1. The quantitative estimate of drug-likeness (QED) is 0.285. The van der Waals surface area contributed by atoms with Crippen LogP contribution in [-0.2, 0) is 27.2 Å². The number of anilines is 1. The highest BCUT2D eigenvalue weighted by atomic mass is 16.3. The van der Waals surface area contributed by atoms with Crippen molar-refractivity contribution in [2.45, 2.75) is 19.5 Å². The van der Waals surface area contributed by atoms with Crippen molar-refractivity contribution in [3.63, 3.8) is 0 Å². The van der Waals surface area contributed by atoms with Crippen LogP contribution in [0.25, 0.3) is 45.1 Å². The minimum Gasteiger partial charge on any atom is -0.508 e. The summed E-state index contributed by atoms with van der Waals surface area (Å²) in [7, 11) is 3.09. The van der Waals surface area contributed by atoms with Crippen molar-refractivity contribution in [1.82, 2.24) is 14.1 Å². The van der Waals surface area contributed by atoms with E-state index in [4.69, 9.17) is 10.7 Å². The summed E-state index contributed by atoms with van der Waals surface area (Å²) in [5.41, 5.74) is 8.87. The van der Waals surface area contributed by atoms with Gasteiger partial charge in [-0.15, -0.1) is 0 Å². The molecule has 0 fully saturated rings. The lowest BCUT2D eigenvalue weighted by atomic mass is 9.94. The summed E-state index contributed by atoms with van der Waals surface area (Å²) in [6, 6.07) is 29.9. The van der Waals surface area contributed by atoms with Crippen LogP contribution in [0.4, 0.5) is 5.82 Å². The Labute approximate surface area is 265 Å². The van der Waals surface area contributed by atoms with Gasteiger partial charge in [-0.25, -0.2) is 9.78 Å². The molecule has 7 rings (SSSR count). The van der Waals surface area contributed by atoms with Gasteiger partial charge in [-0.2, -0.15) is 0 Å². The fourth-order valence-electron chi connectivity index (χ4n) is 6.69. The topological polar surface area (TPSA) is 106 Å². The molecule has 8 nitrogen and oxygen atoms in total. The summed E-state index contributed by atoms with van der Waals surface area (Å²) in [6.45, 7) is 1.24. The molecule has 0 saturated heterocycles. The third kappa shape index (κ3) is 5.16. The van der Waals surface area contributed by atoms with Gasteiger partial charge in [0.05, 0.1) is 5.39 Å². The van der Waals surface area contributed by atoms with Gasteiger partial charge in [0.25, 0.3) is 5.56 Å². The van der Waals surface area contributed by atoms with Crippen molar-refractivity contribution in [3.8, 4) is 16.9 Å². The number of hydrogen-bond acceptors (Lipinski definition) is 6. The zero-order chi connectivity index (χ0) is 31.9. The van der Waals surface area contributed by atoms with Crippen molar-refractivity contribution in [3.05, 3.63) is 133 Å². The molecule has 1 unspecified atom stereocenters. The first kappa shape index (κ1) is 29.3. The summed E-state index contributed by atoms with van der Waals surface area (Å²) in [5, 5.41) is 15.5.